The number of likely N-dealkylation sites (tertiary alicyclic amines) is 1. The second-order valence-corrected chi connectivity index (χ2v) is 6.55. The maximum atomic E-state index is 12.8. The van der Waals surface area contributed by atoms with Crippen LogP contribution in [0.4, 0.5) is 0 Å². The Morgan fingerprint density at radius 1 is 1.19 bits per heavy atom. The van der Waals surface area contributed by atoms with Crippen LogP contribution in [0.25, 0.3) is 11.1 Å². The fourth-order valence-electron chi connectivity index (χ4n) is 3.20. The van der Waals surface area contributed by atoms with Crippen molar-refractivity contribution in [3.63, 3.8) is 0 Å². The first-order valence-corrected chi connectivity index (χ1v) is 9.22. The Bertz CT molecular complexity index is 713. The summed E-state index contributed by atoms with van der Waals surface area (Å²) in [6, 6.07) is 11.5. The molecule has 1 fully saturated rings. The molecule has 0 unspecified atom stereocenters. The van der Waals surface area contributed by atoms with E-state index in [1.807, 2.05) is 41.3 Å². The van der Waals surface area contributed by atoms with Gasteiger partial charge in [-0.05, 0) is 43.0 Å². The van der Waals surface area contributed by atoms with Crippen LogP contribution in [0.2, 0.25) is 0 Å². The van der Waals surface area contributed by atoms with Gasteiger partial charge in [0.15, 0.2) is 0 Å². The van der Waals surface area contributed by atoms with Crippen LogP contribution in [0.15, 0.2) is 42.6 Å². The van der Waals surface area contributed by atoms with Gasteiger partial charge in [0.25, 0.3) is 5.91 Å². The van der Waals surface area contributed by atoms with Gasteiger partial charge in [-0.1, -0.05) is 19.1 Å². The molecule has 5 nitrogen and oxygen atoms in total. The van der Waals surface area contributed by atoms with Crippen LogP contribution in [0.5, 0.6) is 5.88 Å². The lowest BCUT2D eigenvalue weighted by atomic mass is 10.0. The number of methoxy groups -OCH3 is 1. The summed E-state index contributed by atoms with van der Waals surface area (Å²) in [7, 11) is 1.60. The topological polar surface area (TPSA) is 51.7 Å². The molecule has 2 heterocycles. The Kier molecular flexibility index (Phi) is 6.23. The van der Waals surface area contributed by atoms with Crippen molar-refractivity contribution in [1.82, 2.24) is 9.88 Å². The molecule has 1 atom stereocenters. The van der Waals surface area contributed by atoms with Gasteiger partial charge >= 0.3 is 0 Å². The number of rotatable bonds is 6. The largest absolute Gasteiger partial charge is 0.481 e. The number of ether oxygens (including phenoxy) is 2. The van der Waals surface area contributed by atoms with Crippen molar-refractivity contribution in [1.29, 1.82) is 0 Å². The van der Waals surface area contributed by atoms with Gasteiger partial charge in [-0.2, -0.15) is 0 Å². The monoisotopic (exact) mass is 354 g/mol. The third kappa shape index (κ3) is 4.41. The predicted molar refractivity (Wildman–Crippen MR) is 101 cm³/mol. The summed E-state index contributed by atoms with van der Waals surface area (Å²) in [5.74, 6) is 0.666. The Morgan fingerprint density at radius 2 is 1.96 bits per heavy atom. The number of benzene rings is 1. The van der Waals surface area contributed by atoms with Gasteiger partial charge in [0.05, 0.1) is 13.2 Å². The molecular weight excluding hydrogens is 328 g/mol. The number of piperidine rings is 1. The molecule has 5 heteroatoms. The summed E-state index contributed by atoms with van der Waals surface area (Å²) in [4.78, 5) is 18.9. The highest BCUT2D eigenvalue weighted by Gasteiger charge is 2.24. The van der Waals surface area contributed by atoms with E-state index in [1.165, 1.54) is 0 Å². The molecule has 0 bridgehead atoms. The van der Waals surface area contributed by atoms with Crippen LogP contribution in [0.1, 0.15) is 36.5 Å². The van der Waals surface area contributed by atoms with Gasteiger partial charge in [0, 0.05) is 43.1 Å². The molecule has 1 aliphatic rings. The van der Waals surface area contributed by atoms with Crippen LogP contribution in [-0.2, 0) is 4.74 Å². The molecule has 26 heavy (non-hydrogen) atoms. The van der Waals surface area contributed by atoms with E-state index >= 15 is 0 Å². The number of hydrogen-bond acceptors (Lipinski definition) is 4. The molecule has 1 aliphatic heterocycles. The van der Waals surface area contributed by atoms with Gasteiger partial charge in [0.1, 0.15) is 0 Å². The Morgan fingerprint density at radius 3 is 2.62 bits per heavy atom. The average molecular weight is 354 g/mol. The molecule has 2 aromatic rings. The van der Waals surface area contributed by atoms with E-state index in [0.29, 0.717) is 18.0 Å². The standard InChI is InChI=1S/C21H26N2O3/c1-3-13-26-19-5-4-12-23(15-19)21(24)17-8-6-16(7-9-17)18-10-11-20(25-2)22-14-18/h6-11,14,19H,3-5,12-13,15H2,1-2H3/t19-/m1/s1. The van der Waals surface area contributed by atoms with E-state index in [4.69, 9.17) is 9.47 Å². The van der Waals surface area contributed by atoms with Crippen LogP contribution in [-0.4, -0.2) is 48.7 Å². The molecule has 138 valence electrons. The van der Waals surface area contributed by atoms with E-state index in [2.05, 4.69) is 11.9 Å². The molecule has 0 N–H and O–H groups in total. The normalized spacial score (nSPS) is 17.2. The van der Waals surface area contributed by atoms with Crippen molar-refractivity contribution in [3.8, 4) is 17.0 Å². The molecule has 0 aliphatic carbocycles. The van der Waals surface area contributed by atoms with E-state index in [-0.39, 0.29) is 12.0 Å². The second-order valence-electron chi connectivity index (χ2n) is 6.55. The van der Waals surface area contributed by atoms with Gasteiger partial charge in [-0.25, -0.2) is 4.98 Å². The minimum absolute atomic E-state index is 0.0780. The fraction of sp³-hybridized carbons (Fsp3) is 0.429. The highest BCUT2D eigenvalue weighted by Crippen LogP contribution is 2.22. The maximum absolute atomic E-state index is 12.8. The molecule has 0 radical (unpaired) electrons. The summed E-state index contributed by atoms with van der Waals surface area (Å²) in [5.41, 5.74) is 2.74. The molecule has 0 spiro atoms. The summed E-state index contributed by atoms with van der Waals surface area (Å²) in [6.45, 7) is 4.35. The van der Waals surface area contributed by atoms with E-state index in [1.54, 1.807) is 13.3 Å². The van der Waals surface area contributed by atoms with Crippen molar-refractivity contribution in [2.24, 2.45) is 0 Å². The Balaban J connectivity index is 1.66. The molecule has 1 aromatic carbocycles. The zero-order chi connectivity index (χ0) is 18.4. The fourth-order valence-corrected chi connectivity index (χ4v) is 3.20. The molecule has 1 amide bonds. The molecular formula is C21H26N2O3. The summed E-state index contributed by atoms with van der Waals surface area (Å²) >= 11 is 0. The number of aromatic nitrogens is 1. The van der Waals surface area contributed by atoms with Crippen molar-refractivity contribution in [3.05, 3.63) is 48.2 Å². The Labute approximate surface area is 155 Å². The van der Waals surface area contributed by atoms with Crippen molar-refractivity contribution in [2.45, 2.75) is 32.3 Å². The van der Waals surface area contributed by atoms with Crippen LogP contribution in [0, 0.1) is 0 Å². The van der Waals surface area contributed by atoms with E-state index in [0.717, 1.165) is 43.5 Å². The maximum Gasteiger partial charge on any atom is 0.253 e. The number of hydrogen-bond donors (Lipinski definition) is 0. The van der Waals surface area contributed by atoms with Crippen LogP contribution in [0.3, 0.4) is 0 Å². The SMILES string of the molecule is CCCO[C@@H]1CCCN(C(=O)c2ccc(-c3ccc(OC)nc3)cc2)C1. The van der Waals surface area contributed by atoms with Crippen LogP contribution >= 0.6 is 0 Å². The summed E-state index contributed by atoms with van der Waals surface area (Å²) in [6.07, 6.45) is 4.97. The van der Waals surface area contributed by atoms with E-state index < -0.39 is 0 Å². The highest BCUT2D eigenvalue weighted by molar-refractivity contribution is 5.94. The first-order valence-electron chi connectivity index (χ1n) is 9.22. The number of pyridine rings is 1. The number of carbonyl (C=O) groups excluding carboxylic acids is 1. The summed E-state index contributed by atoms with van der Waals surface area (Å²) < 4.78 is 10.9. The minimum Gasteiger partial charge on any atom is -0.481 e. The minimum atomic E-state index is 0.0780. The third-order valence-corrected chi connectivity index (χ3v) is 4.63. The predicted octanol–water partition coefficient (Wildman–Crippen LogP) is 3.79. The highest BCUT2D eigenvalue weighted by atomic mass is 16.5. The van der Waals surface area contributed by atoms with Gasteiger partial charge in [-0.3, -0.25) is 4.79 Å². The zero-order valence-electron chi connectivity index (χ0n) is 15.5. The van der Waals surface area contributed by atoms with Crippen molar-refractivity contribution >= 4 is 5.91 Å². The first-order chi connectivity index (χ1) is 12.7. The number of nitrogens with zero attached hydrogens (tertiary/aromatic N) is 2. The quantitative estimate of drug-likeness (QED) is 0.792. The van der Waals surface area contributed by atoms with Gasteiger partial charge in [0.2, 0.25) is 5.88 Å². The van der Waals surface area contributed by atoms with Crippen LogP contribution < -0.4 is 4.74 Å². The summed E-state index contributed by atoms with van der Waals surface area (Å²) in [5, 5.41) is 0. The lowest BCUT2D eigenvalue weighted by molar-refractivity contribution is 0.00211. The molecule has 1 saturated heterocycles. The van der Waals surface area contributed by atoms with Gasteiger partial charge in [-0.15, -0.1) is 0 Å². The lowest BCUT2D eigenvalue weighted by Crippen LogP contribution is -2.43. The molecule has 0 saturated carbocycles. The second kappa shape index (κ2) is 8.81. The van der Waals surface area contributed by atoms with Crippen molar-refractivity contribution in [2.75, 3.05) is 26.8 Å². The number of carbonyl (C=O) groups is 1. The molecule has 1 aromatic heterocycles. The third-order valence-electron chi connectivity index (χ3n) is 4.63. The molecule has 3 rings (SSSR count). The Hall–Kier alpha value is -2.40. The zero-order valence-corrected chi connectivity index (χ0v) is 15.5. The smallest absolute Gasteiger partial charge is 0.253 e. The van der Waals surface area contributed by atoms with Gasteiger partial charge < -0.3 is 14.4 Å². The number of amides is 1. The lowest BCUT2D eigenvalue weighted by Gasteiger charge is -2.32. The van der Waals surface area contributed by atoms with E-state index in [9.17, 15) is 4.79 Å². The average Bonchev–Trinajstić information content (AvgIpc) is 2.72. The van der Waals surface area contributed by atoms with Crippen molar-refractivity contribution < 1.29 is 14.3 Å². The first kappa shape index (κ1) is 18.4.